The first-order valence-electron chi connectivity index (χ1n) is 6.36. The van der Waals surface area contributed by atoms with Crippen LogP contribution < -0.4 is 10.6 Å². The molecule has 2 aromatic rings. The molecule has 0 amide bonds. The highest BCUT2D eigenvalue weighted by Crippen LogP contribution is 2.36. The fraction of sp³-hybridized carbons (Fsp3) is 0.267. The minimum atomic E-state index is 0.528. The van der Waals surface area contributed by atoms with E-state index in [-0.39, 0.29) is 0 Å². The standard InChI is InChI=1S/C15H15N3O/c16-9-11-3-6-15(14(17)8-11)18(12-4-5-12)10-13-2-1-7-19-13/h1-3,6-8,12H,4-5,10,17H2. The Balaban J connectivity index is 1.90. The van der Waals surface area contributed by atoms with E-state index >= 15 is 0 Å². The fourth-order valence-electron chi connectivity index (χ4n) is 2.25. The lowest BCUT2D eigenvalue weighted by Gasteiger charge is -2.25. The van der Waals surface area contributed by atoms with E-state index in [1.807, 2.05) is 24.3 Å². The fourth-order valence-corrected chi connectivity index (χ4v) is 2.25. The second-order valence-electron chi connectivity index (χ2n) is 4.82. The van der Waals surface area contributed by atoms with E-state index < -0.39 is 0 Å². The molecule has 0 unspecified atom stereocenters. The van der Waals surface area contributed by atoms with Gasteiger partial charge in [-0.2, -0.15) is 5.26 Å². The van der Waals surface area contributed by atoms with Crippen LogP contribution in [0.1, 0.15) is 24.2 Å². The summed E-state index contributed by atoms with van der Waals surface area (Å²) in [6.07, 6.45) is 4.04. The van der Waals surface area contributed by atoms with Crippen LogP contribution in [-0.4, -0.2) is 6.04 Å². The molecule has 2 N–H and O–H groups in total. The van der Waals surface area contributed by atoms with Gasteiger partial charge in [-0.1, -0.05) is 0 Å². The van der Waals surface area contributed by atoms with Gasteiger partial charge >= 0.3 is 0 Å². The van der Waals surface area contributed by atoms with Crippen molar-refractivity contribution in [3.05, 3.63) is 47.9 Å². The van der Waals surface area contributed by atoms with Crippen LogP contribution in [0.4, 0.5) is 11.4 Å². The molecule has 0 bridgehead atoms. The quantitative estimate of drug-likeness (QED) is 0.851. The van der Waals surface area contributed by atoms with E-state index in [2.05, 4.69) is 11.0 Å². The van der Waals surface area contributed by atoms with Gasteiger partial charge in [-0.3, -0.25) is 0 Å². The van der Waals surface area contributed by atoms with Gasteiger partial charge < -0.3 is 15.1 Å². The first-order chi connectivity index (χ1) is 9.28. The van der Waals surface area contributed by atoms with Gasteiger partial charge in [0.1, 0.15) is 5.76 Å². The molecule has 1 saturated carbocycles. The third-order valence-electron chi connectivity index (χ3n) is 3.36. The predicted octanol–water partition coefficient (Wildman–Crippen LogP) is 2.90. The van der Waals surface area contributed by atoms with Crippen molar-refractivity contribution in [2.75, 3.05) is 10.6 Å². The zero-order chi connectivity index (χ0) is 13.2. The second kappa shape index (κ2) is 4.69. The molecule has 0 spiro atoms. The third-order valence-corrected chi connectivity index (χ3v) is 3.36. The summed E-state index contributed by atoms with van der Waals surface area (Å²) in [5.41, 5.74) is 8.30. The highest BCUT2D eigenvalue weighted by molar-refractivity contribution is 5.70. The summed E-state index contributed by atoms with van der Waals surface area (Å²) in [6, 6.07) is 12.0. The van der Waals surface area contributed by atoms with Crippen molar-refractivity contribution < 1.29 is 4.42 Å². The molecule has 0 saturated heterocycles. The monoisotopic (exact) mass is 253 g/mol. The van der Waals surface area contributed by atoms with E-state index in [4.69, 9.17) is 15.4 Å². The topological polar surface area (TPSA) is 66.2 Å². The summed E-state index contributed by atoms with van der Waals surface area (Å²) in [6.45, 7) is 0.716. The smallest absolute Gasteiger partial charge is 0.123 e. The lowest BCUT2D eigenvalue weighted by atomic mass is 10.1. The molecule has 1 aromatic heterocycles. The van der Waals surface area contributed by atoms with Gasteiger partial charge in [0.05, 0.1) is 35.8 Å². The molecule has 1 fully saturated rings. The van der Waals surface area contributed by atoms with Gasteiger partial charge in [-0.05, 0) is 43.2 Å². The Bertz CT molecular complexity index is 609. The van der Waals surface area contributed by atoms with E-state index in [1.165, 1.54) is 12.8 Å². The molecule has 19 heavy (non-hydrogen) atoms. The molecule has 0 aliphatic heterocycles. The van der Waals surface area contributed by atoms with Crippen molar-refractivity contribution >= 4 is 11.4 Å². The van der Waals surface area contributed by atoms with Crippen molar-refractivity contribution in [3.63, 3.8) is 0 Å². The maximum Gasteiger partial charge on any atom is 0.123 e. The van der Waals surface area contributed by atoms with Gasteiger partial charge in [0.25, 0.3) is 0 Å². The first kappa shape index (κ1) is 11.7. The maximum atomic E-state index is 8.89. The van der Waals surface area contributed by atoms with Crippen LogP contribution in [-0.2, 0) is 6.54 Å². The summed E-state index contributed by atoms with van der Waals surface area (Å²) in [5, 5.41) is 8.89. The molecule has 1 heterocycles. The lowest BCUT2D eigenvalue weighted by molar-refractivity contribution is 0.501. The van der Waals surface area contributed by atoms with Crippen molar-refractivity contribution in [2.45, 2.75) is 25.4 Å². The number of benzene rings is 1. The van der Waals surface area contributed by atoms with Crippen LogP contribution in [0.25, 0.3) is 0 Å². The second-order valence-corrected chi connectivity index (χ2v) is 4.82. The van der Waals surface area contributed by atoms with Crippen LogP contribution in [0.15, 0.2) is 41.0 Å². The van der Waals surface area contributed by atoms with Crippen molar-refractivity contribution in [3.8, 4) is 6.07 Å². The number of nitrogens with two attached hydrogens (primary N) is 1. The van der Waals surface area contributed by atoms with Gasteiger partial charge in [0.15, 0.2) is 0 Å². The number of hydrogen-bond acceptors (Lipinski definition) is 4. The highest BCUT2D eigenvalue weighted by Gasteiger charge is 2.30. The molecule has 4 heteroatoms. The molecule has 4 nitrogen and oxygen atoms in total. The van der Waals surface area contributed by atoms with Gasteiger partial charge in [-0.15, -0.1) is 0 Å². The van der Waals surface area contributed by atoms with Gasteiger partial charge in [0, 0.05) is 6.04 Å². The average Bonchev–Trinajstić information content (AvgIpc) is 3.14. The van der Waals surface area contributed by atoms with E-state index in [0.717, 1.165) is 11.4 Å². The van der Waals surface area contributed by atoms with Crippen molar-refractivity contribution in [1.82, 2.24) is 0 Å². The van der Waals surface area contributed by atoms with Crippen LogP contribution in [0.2, 0.25) is 0 Å². The van der Waals surface area contributed by atoms with Gasteiger partial charge in [-0.25, -0.2) is 0 Å². The molecule has 96 valence electrons. The van der Waals surface area contributed by atoms with E-state index in [1.54, 1.807) is 12.3 Å². The molecule has 3 rings (SSSR count). The average molecular weight is 253 g/mol. The Kier molecular flexibility index (Phi) is 2.88. The van der Waals surface area contributed by atoms with Crippen LogP contribution in [0, 0.1) is 11.3 Å². The zero-order valence-electron chi connectivity index (χ0n) is 10.5. The van der Waals surface area contributed by atoms with Gasteiger partial charge in [0.2, 0.25) is 0 Å². The van der Waals surface area contributed by atoms with E-state index in [9.17, 15) is 0 Å². The minimum Gasteiger partial charge on any atom is -0.467 e. The SMILES string of the molecule is N#Cc1ccc(N(Cc2ccco2)C2CC2)c(N)c1. The molecule has 1 aromatic carbocycles. The Morgan fingerprint density at radius 3 is 2.79 bits per heavy atom. The Hall–Kier alpha value is -2.41. The normalized spacial score (nSPS) is 14.1. The Morgan fingerprint density at radius 1 is 1.37 bits per heavy atom. The third kappa shape index (κ3) is 2.41. The van der Waals surface area contributed by atoms with Crippen LogP contribution >= 0.6 is 0 Å². The molecule has 0 atom stereocenters. The summed E-state index contributed by atoms with van der Waals surface area (Å²) in [4.78, 5) is 2.26. The minimum absolute atomic E-state index is 0.528. The number of rotatable bonds is 4. The van der Waals surface area contributed by atoms with Crippen LogP contribution in [0.3, 0.4) is 0 Å². The largest absolute Gasteiger partial charge is 0.467 e. The summed E-state index contributed by atoms with van der Waals surface area (Å²) in [7, 11) is 0. The summed E-state index contributed by atoms with van der Waals surface area (Å²) < 4.78 is 5.41. The molecule has 1 aliphatic carbocycles. The van der Waals surface area contributed by atoms with E-state index in [0.29, 0.717) is 23.8 Å². The number of nitriles is 1. The zero-order valence-corrected chi connectivity index (χ0v) is 10.5. The first-order valence-corrected chi connectivity index (χ1v) is 6.36. The lowest BCUT2D eigenvalue weighted by Crippen LogP contribution is -2.25. The number of nitrogens with zero attached hydrogens (tertiary/aromatic N) is 2. The maximum absolute atomic E-state index is 8.89. The molecular formula is C15H15N3O. The molecule has 0 radical (unpaired) electrons. The number of anilines is 2. The molecular weight excluding hydrogens is 238 g/mol. The highest BCUT2D eigenvalue weighted by atomic mass is 16.3. The number of hydrogen-bond donors (Lipinski definition) is 1. The number of furan rings is 1. The molecule has 1 aliphatic rings. The Morgan fingerprint density at radius 2 is 2.21 bits per heavy atom. The Labute approximate surface area is 112 Å². The van der Waals surface area contributed by atoms with Crippen molar-refractivity contribution in [2.24, 2.45) is 0 Å². The summed E-state index contributed by atoms with van der Waals surface area (Å²) >= 11 is 0. The number of nitrogen functional groups attached to an aromatic ring is 1. The van der Waals surface area contributed by atoms with Crippen LogP contribution in [0.5, 0.6) is 0 Å². The predicted molar refractivity (Wildman–Crippen MR) is 73.5 cm³/mol. The van der Waals surface area contributed by atoms with Crippen molar-refractivity contribution in [1.29, 1.82) is 5.26 Å². The summed E-state index contributed by atoms with van der Waals surface area (Å²) in [5.74, 6) is 0.927.